The van der Waals surface area contributed by atoms with Crippen molar-refractivity contribution in [1.29, 1.82) is 0 Å². The highest BCUT2D eigenvalue weighted by Gasteiger charge is 2.07. The molecule has 14 heavy (non-hydrogen) atoms. The number of aliphatic hydroxyl groups is 1. The van der Waals surface area contributed by atoms with Crippen molar-refractivity contribution in [3.8, 4) is 0 Å². The van der Waals surface area contributed by atoms with E-state index in [2.05, 4.69) is 26.1 Å². The van der Waals surface area contributed by atoms with E-state index in [-0.39, 0.29) is 6.61 Å². The minimum atomic E-state index is 0.229. The van der Waals surface area contributed by atoms with Gasteiger partial charge in [0.15, 0.2) is 0 Å². The van der Waals surface area contributed by atoms with Crippen molar-refractivity contribution in [3.05, 3.63) is 0 Å². The zero-order valence-corrected chi connectivity index (χ0v) is 9.75. The molecule has 0 aliphatic heterocycles. The fourth-order valence-electron chi connectivity index (χ4n) is 1.19. The minimum absolute atomic E-state index is 0.229. The highest BCUT2D eigenvalue weighted by Crippen LogP contribution is 1.97. The summed E-state index contributed by atoms with van der Waals surface area (Å²) in [6.45, 7) is 9.15. The average molecular weight is 203 g/mol. The van der Waals surface area contributed by atoms with Crippen molar-refractivity contribution in [2.75, 3.05) is 26.4 Å². The molecule has 0 aromatic heterocycles. The van der Waals surface area contributed by atoms with Crippen LogP contribution in [-0.4, -0.2) is 37.5 Å². The van der Waals surface area contributed by atoms with Crippen LogP contribution >= 0.6 is 0 Å². The number of hydrogen-bond acceptors (Lipinski definition) is 3. The molecule has 0 fully saturated rings. The van der Waals surface area contributed by atoms with E-state index in [4.69, 9.17) is 9.84 Å². The molecule has 0 amide bonds. The summed E-state index contributed by atoms with van der Waals surface area (Å²) in [6.07, 6.45) is 1.89. The van der Waals surface area contributed by atoms with Gasteiger partial charge in [-0.25, -0.2) is 0 Å². The summed E-state index contributed by atoms with van der Waals surface area (Å²) in [5.41, 5.74) is 0. The second-order valence-electron chi connectivity index (χ2n) is 4.09. The Bertz CT molecular complexity index is 118. The van der Waals surface area contributed by atoms with Gasteiger partial charge >= 0.3 is 0 Å². The molecule has 1 atom stereocenters. The third kappa shape index (κ3) is 8.48. The molecule has 0 saturated heterocycles. The summed E-state index contributed by atoms with van der Waals surface area (Å²) >= 11 is 0. The summed E-state index contributed by atoms with van der Waals surface area (Å²) in [5, 5.41) is 12.2. The largest absolute Gasteiger partial charge is 0.396 e. The van der Waals surface area contributed by atoms with Gasteiger partial charge in [0.25, 0.3) is 0 Å². The van der Waals surface area contributed by atoms with E-state index in [1.807, 2.05) is 0 Å². The highest BCUT2D eigenvalue weighted by molar-refractivity contribution is 4.65. The second-order valence-corrected chi connectivity index (χ2v) is 4.09. The van der Waals surface area contributed by atoms with Crippen molar-refractivity contribution >= 4 is 0 Å². The van der Waals surface area contributed by atoms with Crippen LogP contribution in [0, 0.1) is 5.92 Å². The molecule has 0 spiro atoms. The molecule has 0 bridgehead atoms. The molecule has 0 aromatic carbocycles. The first-order chi connectivity index (χ1) is 6.70. The second kappa shape index (κ2) is 9.44. The van der Waals surface area contributed by atoms with Crippen molar-refractivity contribution in [2.24, 2.45) is 5.92 Å². The molecule has 1 unspecified atom stereocenters. The van der Waals surface area contributed by atoms with E-state index in [9.17, 15) is 0 Å². The van der Waals surface area contributed by atoms with Gasteiger partial charge in [-0.2, -0.15) is 0 Å². The maximum atomic E-state index is 8.85. The smallest absolute Gasteiger partial charge is 0.0620 e. The first-order valence-corrected chi connectivity index (χ1v) is 5.62. The van der Waals surface area contributed by atoms with Crippen LogP contribution in [0.25, 0.3) is 0 Å². The standard InChI is InChI=1S/C11H25NO2/c1-4-6-12-11(5-7-13)9-14-8-10(2)3/h10-13H,4-9H2,1-3H3. The molecule has 2 N–H and O–H groups in total. The third-order valence-corrected chi connectivity index (χ3v) is 1.93. The Balaban J connectivity index is 3.50. The molecule has 3 heteroatoms. The molecular formula is C11H25NO2. The average Bonchev–Trinajstić information content (AvgIpc) is 2.13. The molecular weight excluding hydrogens is 178 g/mol. The highest BCUT2D eigenvalue weighted by atomic mass is 16.5. The zero-order chi connectivity index (χ0) is 10.8. The summed E-state index contributed by atoms with van der Waals surface area (Å²) < 4.78 is 5.53. The Kier molecular flexibility index (Phi) is 9.35. The Hall–Kier alpha value is -0.120. The summed E-state index contributed by atoms with van der Waals surface area (Å²) in [7, 11) is 0. The number of rotatable bonds is 9. The Morgan fingerprint density at radius 2 is 2.00 bits per heavy atom. The monoisotopic (exact) mass is 203 g/mol. The van der Waals surface area contributed by atoms with Gasteiger partial charge in [-0.15, -0.1) is 0 Å². The van der Waals surface area contributed by atoms with Crippen LogP contribution in [-0.2, 0) is 4.74 Å². The molecule has 0 heterocycles. The van der Waals surface area contributed by atoms with Gasteiger partial charge in [-0.1, -0.05) is 20.8 Å². The summed E-state index contributed by atoms with van der Waals surface area (Å²) in [5.74, 6) is 0.580. The normalized spacial score (nSPS) is 13.5. The molecule has 0 radical (unpaired) electrons. The van der Waals surface area contributed by atoms with Crippen molar-refractivity contribution < 1.29 is 9.84 Å². The van der Waals surface area contributed by atoms with E-state index in [0.717, 1.165) is 26.0 Å². The molecule has 3 nitrogen and oxygen atoms in total. The van der Waals surface area contributed by atoms with Crippen molar-refractivity contribution in [1.82, 2.24) is 5.32 Å². The Labute approximate surface area is 87.8 Å². The summed E-state index contributed by atoms with van der Waals surface area (Å²) in [6, 6.07) is 0.304. The number of ether oxygens (including phenoxy) is 1. The van der Waals surface area contributed by atoms with Gasteiger partial charge in [0, 0.05) is 19.3 Å². The van der Waals surface area contributed by atoms with Gasteiger partial charge in [0.2, 0.25) is 0 Å². The molecule has 0 aliphatic rings. The van der Waals surface area contributed by atoms with Crippen LogP contribution in [0.4, 0.5) is 0 Å². The van der Waals surface area contributed by atoms with E-state index in [1.54, 1.807) is 0 Å². The number of aliphatic hydroxyl groups excluding tert-OH is 1. The molecule has 0 rings (SSSR count). The molecule has 0 saturated carbocycles. The lowest BCUT2D eigenvalue weighted by Gasteiger charge is -2.18. The van der Waals surface area contributed by atoms with Crippen LogP contribution < -0.4 is 5.32 Å². The van der Waals surface area contributed by atoms with Crippen LogP contribution in [0.15, 0.2) is 0 Å². The topological polar surface area (TPSA) is 41.5 Å². The van der Waals surface area contributed by atoms with Crippen molar-refractivity contribution in [3.63, 3.8) is 0 Å². The van der Waals surface area contributed by atoms with Gasteiger partial charge in [-0.05, 0) is 25.3 Å². The fourth-order valence-corrected chi connectivity index (χ4v) is 1.19. The maximum absolute atomic E-state index is 8.85. The summed E-state index contributed by atoms with van der Waals surface area (Å²) in [4.78, 5) is 0. The predicted molar refractivity (Wildman–Crippen MR) is 59.4 cm³/mol. The van der Waals surface area contributed by atoms with E-state index >= 15 is 0 Å². The molecule has 0 aliphatic carbocycles. The predicted octanol–water partition coefficient (Wildman–Crippen LogP) is 1.41. The Morgan fingerprint density at radius 3 is 2.50 bits per heavy atom. The molecule has 86 valence electrons. The quantitative estimate of drug-likeness (QED) is 0.595. The van der Waals surface area contributed by atoms with Gasteiger partial charge < -0.3 is 15.2 Å². The lowest BCUT2D eigenvalue weighted by Crippen LogP contribution is -2.35. The maximum Gasteiger partial charge on any atom is 0.0620 e. The fraction of sp³-hybridized carbons (Fsp3) is 1.00. The lowest BCUT2D eigenvalue weighted by atomic mass is 10.2. The first-order valence-electron chi connectivity index (χ1n) is 5.62. The van der Waals surface area contributed by atoms with Gasteiger partial charge in [0.05, 0.1) is 6.61 Å². The molecule has 0 aromatic rings. The lowest BCUT2D eigenvalue weighted by molar-refractivity contribution is 0.0829. The van der Waals surface area contributed by atoms with Crippen molar-refractivity contribution in [2.45, 2.75) is 39.7 Å². The van der Waals surface area contributed by atoms with Crippen LogP contribution in [0.1, 0.15) is 33.6 Å². The Morgan fingerprint density at radius 1 is 1.29 bits per heavy atom. The van der Waals surface area contributed by atoms with E-state index in [0.29, 0.717) is 18.6 Å². The zero-order valence-electron chi connectivity index (χ0n) is 9.75. The number of hydrogen-bond donors (Lipinski definition) is 2. The first kappa shape index (κ1) is 13.9. The van der Waals surface area contributed by atoms with Crippen LogP contribution in [0.2, 0.25) is 0 Å². The van der Waals surface area contributed by atoms with Crippen LogP contribution in [0.3, 0.4) is 0 Å². The minimum Gasteiger partial charge on any atom is -0.396 e. The van der Waals surface area contributed by atoms with E-state index < -0.39 is 0 Å². The third-order valence-electron chi connectivity index (χ3n) is 1.93. The van der Waals surface area contributed by atoms with Gasteiger partial charge in [0.1, 0.15) is 0 Å². The van der Waals surface area contributed by atoms with Gasteiger partial charge in [-0.3, -0.25) is 0 Å². The SMILES string of the molecule is CCCNC(CCO)COCC(C)C. The van der Waals surface area contributed by atoms with E-state index in [1.165, 1.54) is 0 Å². The number of nitrogens with one attached hydrogen (secondary N) is 1. The van der Waals surface area contributed by atoms with Crippen LogP contribution in [0.5, 0.6) is 0 Å².